The summed E-state index contributed by atoms with van der Waals surface area (Å²) in [6.45, 7) is 5.68. The van der Waals surface area contributed by atoms with Gasteiger partial charge in [-0.05, 0) is 44.5 Å². The Morgan fingerprint density at radius 3 is 2.64 bits per heavy atom. The lowest BCUT2D eigenvalue weighted by atomic mass is 9.84. The van der Waals surface area contributed by atoms with Crippen LogP contribution in [-0.4, -0.2) is 10.6 Å². The molecule has 2 aromatic rings. The number of aromatic nitrogens is 1. The number of aryl methyl sites for hydroxylation is 1. The van der Waals surface area contributed by atoms with Crippen molar-refractivity contribution in [3.05, 3.63) is 64.7 Å². The maximum atomic E-state index is 13.2. The fourth-order valence-corrected chi connectivity index (χ4v) is 2.66. The smallest absolute Gasteiger partial charge is 0.141 e. The standard InChI is InChI=1S/C18H15FN2O/c1-11-4-6-13-16(8-11)22-18(2,3)14(9-20)17(13)15-7-5-12(19)10-21-15/h4-8,10H,1-3H3. The third-order valence-electron chi connectivity index (χ3n) is 3.72. The summed E-state index contributed by atoms with van der Waals surface area (Å²) in [5, 5.41) is 9.60. The molecule has 0 fully saturated rings. The molecule has 0 spiro atoms. The molecule has 0 atom stereocenters. The van der Waals surface area contributed by atoms with Gasteiger partial charge in [0, 0.05) is 11.1 Å². The van der Waals surface area contributed by atoms with Gasteiger partial charge in [0.15, 0.2) is 0 Å². The molecule has 1 aromatic heterocycles. The van der Waals surface area contributed by atoms with Crippen LogP contribution in [-0.2, 0) is 0 Å². The molecule has 4 heteroatoms. The topological polar surface area (TPSA) is 45.9 Å². The predicted octanol–water partition coefficient (Wildman–Crippen LogP) is 4.03. The SMILES string of the molecule is Cc1ccc2c(c1)OC(C)(C)C(C#N)=C2c1ccc(F)cn1. The van der Waals surface area contributed by atoms with Crippen molar-refractivity contribution in [3.63, 3.8) is 0 Å². The third-order valence-corrected chi connectivity index (χ3v) is 3.72. The summed E-state index contributed by atoms with van der Waals surface area (Å²) in [5.74, 6) is 0.309. The number of halogens is 1. The molecule has 0 saturated heterocycles. The first-order valence-corrected chi connectivity index (χ1v) is 6.99. The van der Waals surface area contributed by atoms with Gasteiger partial charge in [-0.3, -0.25) is 4.98 Å². The summed E-state index contributed by atoms with van der Waals surface area (Å²) < 4.78 is 19.2. The van der Waals surface area contributed by atoms with Crippen molar-refractivity contribution in [1.29, 1.82) is 5.26 Å². The van der Waals surface area contributed by atoms with Gasteiger partial charge in [-0.15, -0.1) is 0 Å². The van der Waals surface area contributed by atoms with Gasteiger partial charge in [-0.25, -0.2) is 4.39 Å². The van der Waals surface area contributed by atoms with E-state index in [4.69, 9.17) is 4.74 Å². The molecule has 22 heavy (non-hydrogen) atoms. The molecule has 0 amide bonds. The molecule has 0 N–H and O–H groups in total. The van der Waals surface area contributed by atoms with Gasteiger partial charge in [0.1, 0.15) is 17.2 Å². The Morgan fingerprint density at radius 2 is 2.00 bits per heavy atom. The third kappa shape index (κ3) is 2.25. The van der Waals surface area contributed by atoms with Crippen molar-refractivity contribution in [2.24, 2.45) is 0 Å². The van der Waals surface area contributed by atoms with Crippen LogP contribution in [0.3, 0.4) is 0 Å². The maximum Gasteiger partial charge on any atom is 0.141 e. The summed E-state index contributed by atoms with van der Waals surface area (Å²) in [4.78, 5) is 4.15. The van der Waals surface area contributed by atoms with Crippen molar-refractivity contribution in [2.75, 3.05) is 0 Å². The van der Waals surface area contributed by atoms with E-state index in [9.17, 15) is 9.65 Å². The number of nitriles is 1. The van der Waals surface area contributed by atoms with Gasteiger partial charge in [-0.2, -0.15) is 5.26 Å². The van der Waals surface area contributed by atoms with Crippen LogP contribution in [0, 0.1) is 24.1 Å². The molecule has 1 aliphatic rings. The Bertz CT molecular complexity index is 814. The van der Waals surface area contributed by atoms with Gasteiger partial charge >= 0.3 is 0 Å². The zero-order chi connectivity index (χ0) is 15.9. The van der Waals surface area contributed by atoms with Crippen molar-refractivity contribution in [1.82, 2.24) is 4.98 Å². The van der Waals surface area contributed by atoms with Gasteiger partial charge < -0.3 is 4.74 Å². The predicted molar refractivity (Wildman–Crippen MR) is 81.7 cm³/mol. The highest BCUT2D eigenvalue weighted by molar-refractivity contribution is 5.88. The molecule has 110 valence electrons. The number of hydrogen-bond acceptors (Lipinski definition) is 3. The second-order valence-corrected chi connectivity index (χ2v) is 5.84. The molecule has 1 aromatic carbocycles. The fraction of sp³-hybridized carbons (Fsp3) is 0.222. The van der Waals surface area contributed by atoms with Crippen LogP contribution in [0.25, 0.3) is 5.57 Å². The first-order valence-electron chi connectivity index (χ1n) is 6.99. The Morgan fingerprint density at radius 1 is 1.23 bits per heavy atom. The van der Waals surface area contributed by atoms with Gasteiger partial charge in [0.05, 0.1) is 23.5 Å². The summed E-state index contributed by atoms with van der Waals surface area (Å²) >= 11 is 0. The molecule has 0 unspecified atom stereocenters. The zero-order valence-corrected chi connectivity index (χ0v) is 12.6. The second-order valence-electron chi connectivity index (χ2n) is 5.84. The summed E-state index contributed by atoms with van der Waals surface area (Å²) in [7, 11) is 0. The van der Waals surface area contributed by atoms with E-state index in [0.29, 0.717) is 22.6 Å². The van der Waals surface area contributed by atoms with Gasteiger partial charge in [0.25, 0.3) is 0 Å². The average Bonchev–Trinajstić information content (AvgIpc) is 2.45. The highest BCUT2D eigenvalue weighted by Crippen LogP contribution is 2.43. The zero-order valence-electron chi connectivity index (χ0n) is 12.6. The number of ether oxygens (including phenoxy) is 1. The van der Waals surface area contributed by atoms with E-state index in [1.807, 2.05) is 39.0 Å². The highest BCUT2D eigenvalue weighted by atomic mass is 19.1. The molecule has 3 rings (SSSR count). The quantitative estimate of drug-likeness (QED) is 0.798. The number of rotatable bonds is 1. The van der Waals surface area contributed by atoms with Crippen LogP contribution in [0.4, 0.5) is 4.39 Å². The van der Waals surface area contributed by atoms with Crippen LogP contribution in [0.1, 0.15) is 30.7 Å². The molecule has 0 radical (unpaired) electrons. The molecule has 1 aliphatic heterocycles. The number of hydrogen-bond donors (Lipinski definition) is 0. The van der Waals surface area contributed by atoms with Crippen molar-refractivity contribution in [3.8, 4) is 11.8 Å². The lowest BCUT2D eigenvalue weighted by Crippen LogP contribution is -2.34. The first kappa shape index (κ1) is 14.3. The monoisotopic (exact) mass is 294 g/mol. The first-order chi connectivity index (χ1) is 10.4. The summed E-state index contributed by atoms with van der Waals surface area (Å²) in [6, 6.07) is 11.0. The number of nitrogens with zero attached hydrogens (tertiary/aromatic N) is 2. The molecular weight excluding hydrogens is 279 g/mol. The summed E-state index contributed by atoms with van der Waals surface area (Å²) in [6.07, 6.45) is 1.16. The van der Waals surface area contributed by atoms with Gasteiger partial charge in [-0.1, -0.05) is 12.1 Å². The second kappa shape index (κ2) is 4.96. The minimum atomic E-state index is -0.763. The molecule has 0 aliphatic carbocycles. The Kier molecular flexibility index (Phi) is 3.22. The van der Waals surface area contributed by atoms with E-state index >= 15 is 0 Å². The van der Waals surface area contributed by atoms with E-state index < -0.39 is 11.4 Å². The Hall–Kier alpha value is -2.67. The lowest BCUT2D eigenvalue weighted by molar-refractivity contribution is 0.149. The molecule has 3 nitrogen and oxygen atoms in total. The molecular formula is C18H15FN2O. The highest BCUT2D eigenvalue weighted by Gasteiger charge is 2.36. The maximum absolute atomic E-state index is 13.2. The number of pyridine rings is 1. The normalized spacial score (nSPS) is 15.8. The minimum Gasteiger partial charge on any atom is -0.482 e. The van der Waals surface area contributed by atoms with Gasteiger partial charge in [0.2, 0.25) is 0 Å². The molecule has 0 bridgehead atoms. The lowest BCUT2D eigenvalue weighted by Gasteiger charge is -2.34. The van der Waals surface area contributed by atoms with Crippen LogP contribution in [0.5, 0.6) is 5.75 Å². The number of fused-ring (bicyclic) bond motifs is 1. The number of benzene rings is 1. The van der Waals surface area contributed by atoms with E-state index in [0.717, 1.165) is 17.3 Å². The van der Waals surface area contributed by atoms with Crippen molar-refractivity contribution >= 4 is 5.57 Å². The van der Waals surface area contributed by atoms with Crippen LogP contribution in [0.2, 0.25) is 0 Å². The molecule has 0 saturated carbocycles. The van der Waals surface area contributed by atoms with E-state index in [1.165, 1.54) is 6.07 Å². The molecule has 2 heterocycles. The van der Waals surface area contributed by atoms with Crippen molar-refractivity contribution < 1.29 is 9.13 Å². The average molecular weight is 294 g/mol. The largest absolute Gasteiger partial charge is 0.482 e. The van der Waals surface area contributed by atoms with Crippen molar-refractivity contribution in [2.45, 2.75) is 26.4 Å². The van der Waals surface area contributed by atoms with E-state index in [1.54, 1.807) is 6.07 Å². The Balaban J connectivity index is 2.33. The van der Waals surface area contributed by atoms with E-state index in [-0.39, 0.29) is 0 Å². The van der Waals surface area contributed by atoms with Crippen LogP contribution >= 0.6 is 0 Å². The minimum absolute atomic E-state index is 0.404. The fourth-order valence-electron chi connectivity index (χ4n) is 2.66. The van der Waals surface area contributed by atoms with Crippen LogP contribution in [0.15, 0.2) is 42.1 Å². The Labute approximate surface area is 128 Å². The summed E-state index contributed by atoms with van der Waals surface area (Å²) in [5.41, 5.74) is 2.87. The van der Waals surface area contributed by atoms with E-state index in [2.05, 4.69) is 11.1 Å². The van der Waals surface area contributed by atoms with Crippen LogP contribution < -0.4 is 4.74 Å².